The van der Waals surface area contributed by atoms with Crippen LogP contribution in [0.3, 0.4) is 0 Å². The predicted molar refractivity (Wildman–Crippen MR) is 94.5 cm³/mol. The van der Waals surface area contributed by atoms with Crippen LogP contribution in [0.15, 0.2) is 48.5 Å². The van der Waals surface area contributed by atoms with Crippen molar-refractivity contribution >= 4 is 5.69 Å². The van der Waals surface area contributed by atoms with Crippen LogP contribution in [0, 0.1) is 6.92 Å². The first-order valence-corrected chi connectivity index (χ1v) is 8.91. The van der Waals surface area contributed by atoms with E-state index in [1.165, 1.54) is 12.2 Å². The van der Waals surface area contributed by atoms with E-state index in [4.69, 9.17) is 0 Å². The van der Waals surface area contributed by atoms with Crippen molar-refractivity contribution < 1.29 is 52.7 Å². The molecule has 13 heteroatoms. The Morgan fingerprint density at radius 3 is 1.21 bits per heavy atom. The van der Waals surface area contributed by atoms with E-state index < -0.39 is 52.5 Å². The Morgan fingerprint density at radius 2 is 0.879 bits per heavy atom. The van der Waals surface area contributed by atoms with Crippen LogP contribution in [-0.2, 0) is 11.0 Å². The maximum atomic E-state index is 13.8. The molecule has 2 rings (SSSR count). The molecule has 0 aliphatic rings. The van der Waals surface area contributed by atoms with E-state index in [0.717, 1.165) is 12.1 Å². The molecule has 0 heterocycles. The Kier molecular flexibility index (Phi) is 6.47. The van der Waals surface area contributed by atoms with Gasteiger partial charge in [0.05, 0.1) is 0 Å². The van der Waals surface area contributed by atoms with Crippen molar-refractivity contribution in [2.75, 3.05) is 5.32 Å². The molecule has 0 aliphatic carbocycles. The maximum Gasteiger partial charge on any atom is 0.424 e. The minimum Gasteiger partial charge on any atom is -0.360 e. The standard InChI is InChI=1S/C20H15F12N/c1-11-3-5-13(6-4-11)16(19(27,28)29,20(30,31)32)33-14-9-7-12(8-10-14)15(2,17(21,22)23)18(24,25)26/h3-10,33H,1-2H3. The van der Waals surface area contributed by atoms with Crippen LogP contribution >= 0.6 is 0 Å². The Labute approximate surface area is 179 Å². The number of nitrogens with one attached hydrogen (secondary N) is 1. The first kappa shape index (κ1) is 26.7. The van der Waals surface area contributed by atoms with Crippen molar-refractivity contribution in [2.45, 2.75) is 49.5 Å². The Hall–Kier alpha value is -2.60. The summed E-state index contributed by atoms with van der Waals surface area (Å²) >= 11 is 0. The van der Waals surface area contributed by atoms with Gasteiger partial charge in [-0.05, 0) is 37.1 Å². The van der Waals surface area contributed by atoms with Crippen molar-refractivity contribution in [3.05, 3.63) is 65.2 Å². The molecule has 0 fully saturated rings. The number of hydrogen-bond donors (Lipinski definition) is 1. The molecule has 0 bridgehead atoms. The Balaban J connectivity index is 2.65. The Morgan fingerprint density at radius 1 is 0.515 bits per heavy atom. The van der Waals surface area contributed by atoms with Gasteiger partial charge in [-0.3, -0.25) is 0 Å². The molecule has 0 saturated heterocycles. The summed E-state index contributed by atoms with van der Waals surface area (Å²) in [5, 5.41) is 1.25. The van der Waals surface area contributed by atoms with E-state index >= 15 is 0 Å². The molecule has 2 aromatic rings. The fourth-order valence-electron chi connectivity index (χ4n) is 3.10. The second-order valence-corrected chi connectivity index (χ2v) is 7.43. The normalized spacial score (nSPS) is 14.4. The molecule has 0 spiro atoms. The van der Waals surface area contributed by atoms with E-state index in [9.17, 15) is 52.7 Å². The lowest BCUT2D eigenvalue weighted by atomic mass is 9.80. The van der Waals surface area contributed by atoms with Crippen LogP contribution in [0.25, 0.3) is 0 Å². The number of hydrogen-bond acceptors (Lipinski definition) is 1. The molecule has 1 N–H and O–H groups in total. The summed E-state index contributed by atoms with van der Waals surface area (Å²) in [6.45, 7) is 1.23. The quantitative estimate of drug-likeness (QED) is 0.425. The average Bonchev–Trinajstić information content (AvgIpc) is 2.63. The first-order valence-electron chi connectivity index (χ1n) is 8.91. The highest BCUT2D eigenvalue weighted by molar-refractivity contribution is 5.52. The molecule has 0 amide bonds. The Bertz CT molecular complexity index is 920. The lowest BCUT2D eigenvalue weighted by molar-refractivity contribution is -0.297. The SMILES string of the molecule is Cc1ccc(C(Nc2ccc(C(C)(C(F)(F)F)C(F)(F)F)cc2)(C(F)(F)F)C(F)(F)F)cc1. The number of halogens is 12. The van der Waals surface area contributed by atoms with Gasteiger partial charge in [-0.1, -0.05) is 42.0 Å². The smallest absolute Gasteiger partial charge is 0.360 e. The summed E-state index contributed by atoms with van der Waals surface area (Å²) < 4.78 is 162. The summed E-state index contributed by atoms with van der Waals surface area (Å²) in [5.74, 6) is 0. The third-order valence-electron chi connectivity index (χ3n) is 5.26. The van der Waals surface area contributed by atoms with Crippen LogP contribution in [0.5, 0.6) is 0 Å². The minimum atomic E-state index is -5.99. The zero-order valence-electron chi connectivity index (χ0n) is 16.7. The number of aryl methyl sites for hydroxylation is 1. The molecule has 0 atom stereocenters. The second-order valence-electron chi connectivity index (χ2n) is 7.43. The molecule has 0 saturated carbocycles. The molecular weight excluding hydrogens is 482 g/mol. The van der Waals surface area contributed by atoms with Crippen LogP contribution < -0.4 is 5.32 Å². The monoisotopic (exact) mass is 497 g/mol. The fourth-order valence-corrected chi connectivity index (χ4v) is 3.10. The molecule has 0 radical (unpaired) electrons. The molecule has 184 valence electrons. The number of anilines is 1. The van der Waals surface area contributed by atoms with Gasteiger partial charge in [-0.15, -0.1) is 0 Å². The van der Waals surface area contributed by atoms with E-state index in [2.05, 4.69) is 0 Å². The van der Waals surface area contributed by atoms with Crippen LogP contribution in [-0.4, -0.2) is 24.7 Å². The lowest BCUT2D eigenvalue weighted by Gasteiger charge is -2.39. The lowest BCUT2D eigenvalue weighted by Crippen LogP contribution is -2.59. The zero-order chi connectivity index (χ0) is 25.7. The molecule has 1 nitrogen and oxygen atoms in total. The molecular formula is C20H15F12N. The fraction of sp³-hybridized carbons (Fsp3) is 0.400. The highest BCUT2D eigenvalue weighted by atomic mass is 19.4. The maximum absolute atomic E-state index is 13.8. The van der Waals surface area contributed by atoms with Crippen molar-refractivity contribution in [3.8, 4) is 0 Å². The van der Waals surface area contributed by atoms with Gasteiger partial charge in [0, 0.05) is 5.69 Å². The summed E-state index contributed by atoms with van der Waals surface area (Å²) in [6.07, 6.45) is -23.7. The average molecular weight is 497 g/mol. The van der Waals surface area contributed by atoms with Gasteiger partial charge in [0.15, 0.2) is 5.41 Å². The van der Waals surface area contributed by atoms with Gasteiger partial charge >= 0.3 is 24.7 Å². The largest absolute Gasteiger partial charge is 0.424 e. The van der Waals surface area contributed by atoms with Crippen LogP contribution in [0.4, 0.5) is 58.4 Å². The van der Waals surface area contributed by atoms with E-state index in [0.29, 0.717) is 29.8 Å². The van der Waals surface area contributed by atoms with Crippen molar-refractivity contribution in [1.29, 1.82) is 0 Å². The van der Waals surface area contributed by atoms with Gasteiger partial charge in [-0.2, -0.15) is 52.7 Å². The van der Waals surface area contributed by atoms with Gasteiger partial charge in [0.2, 0.25) is 0 Å². The number of benzene rings is 2. The molecule has 0 aromatic heterocycles. The molecule has 2 aromatic carbocycles. The van der Waals surface area contributed by atoms with E-state index in [1.807, 2.05) is 0 Å². The van der Waals surface area contributed by atoms with Gasteiger partial charge in [0.1, 0.15) is 0 Å². The van der Waals surface area contributed by atoms with Crippen LogP contribution in [0.2, 0.25) is 0 Å². The predicted octanol–water partition coefficient (Wildman–Crippen LogP) is 7.81. The molecule has 33 heavy (non-hydrogen) atoms. The highest BCUT2D eigenvalue weighted by Gasteiger charge is 2.72. The van der Waals surface area contributed by atoms with Crippen LogP contribution in [0.1, 0.15) is 23.6 Å². The number of alkyl halides is 12. The topological polar surface area (TPSA) is 12.0 Å². The van der Waals surface area contributed by atoms with E-state index in [-0.39, 0.29) is 19.1 Å². The van der Waals surface area contributed by atoms with Gasteiger partial charge in [0.25, 0.3) is 5.54 Å². The summed E-state index contributed by atoms with van der Waals surface area (Å²) in [5.41, 5.74) is -12.4. The molecule has 0 aliphatic heterocycles. The third-order valence-corrected chi connectivity index (χ3v) is 5.26. The first-order chi connectivity index (χ1) is 14.7. The summed E-state index contributed by atoms with van der Waals surface area (Å²) in [6, 6.07) is 4.07. The number of rotatable bonds is 4. The molecule has 0 unspecified atom stereocenters. The summed E-state index contributed by atoms with van der Waals surface area (Å²) in [4.78, 5) is 0. The summed E-state index contributed by atoms with van der Waals surface area (Å²) in [7, 11) is 0. The van der Waals surface area contributed by atoms with E-state index in [1.54, 1.807) is 0 Å². The van der Waals surface area contributed by atoms with Crippen molar-refractivity contribution in [3.63, 3.8) is 0 Å². The third kappa shape index (κ3) is 4.45. The van der Waals surface area contributed by atoms with Crippen molar-refractivity contribution in [2.24, 2.45) is 0 Å². The second kappa shape index (κ2) is 8.01. The zero-order valence-corrected chi connectivity index (χ0v) is 16.7. The highest BCUT2D eigenvalue weighted by Crippen LogP contribution is 2.54. The van der Waals surface area contributed by atoms with Crippen molar-refractivity contribution in [1.82, 2.24) is 0 Å². The minimum absolute atomic E-state index is 0.177. The van der Waals surface area contributed by atoms with Gasteiger partial charge in [-0.25, -0.2) is 0 Å². The van der Waals surface area contributed by atoms with Gasteiger partial charge < -0.3 is 5.32 Å².